The topological polar surface area (TPSA) is 21.3 Å². The maximum Gasteiger partial charge on any atom is 0.123 e. The van der Waals surface area contributed by atoms with E-state index in [0.29, 0.717) is 11.8 Å². The van der Waals surface area contributed by atoms with E-state index in [1.165, 1.54) is 5.56 Å². The van der Waals surface area contributed by atoms with E-state index in [-0.39, 0.29) is 11.6 Å². The van der Waals surface area contributed by atoms with E-state index in [0.717, 1.165) is 12.3 Å². The molecule has 0 heterocycles. The molecule has 0 fully saturated rings. The number of benzene rings is 1. The van der Waals surface area contributed by atoms with Crippen molar-refractivity contribution < 1.29 is 4.74 Å². The van der Waals surface area contributed by atoms with Gasteiger partial charge in [-0.3, -0.25) is 0 Å². The van der Waals surface area contributed by atoms with Crippen LogP contribution >= 0.6 is 0 Å². The Hall–Kier alpha value is -1.02. The van der Waals surface area contributed by atoms with E-state index in [1.54, 1.807) is 0 Å². The van der Waals surface area contributed by atoms with Gasteiger partial charge in [-0.1, -0.05) is 32.0 Å². The first kappa shape index (κ1) is 17.0. The molecule has 0 saturated heterocycles. The van der Waals surface area contributed by atoms with Crippen LogP contribution in [0.4, 0.5) is 0 Å². The van der Waals surface area contributed by atoms with Crippen molar-refractivity contribution in [3.8, 4) is 5.75 Å². The van der Waals surface area contributed by atoms with Crippen LogP contribution in [-0.4, -0.2) is 18.2 Å². The molecule has 0 spiro atoms. The number of rotatable bonds is 6. The molecule has 1 rings (SSSR count). The molecular formula is C18H31NO. The van der Waals surface area contributed by atoms with Gasteiger partial charge >= 0.3 is 0 Å². The van der Waals surface area contributed by atoms with Gasteiger partial charge < -0.3 is 10.1 Å². The highest BCUT2D eigenvalue weighted by Gasteiger charge is 2.20. The molecule has 0 saturated carbocycles. The van der Waals surface area contributed by atoms with Crippen LogP contribution < -0.4 is 10.1 Å². The van der Waals surface area contributed by atoms with Gasteiger partial charge in [-0.05, 0) is 64.6 Å². The van der Waals surface area contributed by atoms with Crippen LogP contribution in [-0.2, 0) is 0 Å². The summed E-state index contributed by atoms with van der Waals surface area (Å²) in [5, 5.41) is 3.59. The Balaban J connectivity index is 2.78. The number of ether oxygens (including phenoxy) is 1. The Kier molecular flexibility index (Phi) is 6.07. The first-order chi connectivity index (χ1) is 9.20. The standard InChI is InChI=1S/C18H31NO/c1-13(2)20-17-11-9-8-10-16(17)15(4)14(3)12-19-18(5,6)7/h8-11,13-15,19H,12H2,1-7H3. The zero-order valence-corrected chi connectivity index (χ0v) is 14.2. The van der Waals surface area contributed by atoms with Gasteiger partial charge in [0.1, 0.15) is 5.75 Å². The van der Waals surface area contributed by atoms with Crippen molar-refractivity contribution in [2.75, 3.05) is 6.54 Å². The molecule has 2 atom stereocenters. The first-order valence-corrected chi connectivity index (χ1v) is 7.71. The van der Waals surface area contributed by atoms with Crippen LogP contribution in [0.2, 0.25) is 0 Å². The fourth-order valence-electron chi connectivity index (χ4n) is 2.17. The van der Waals surface area contributed by atoms with Crippen LogP contribution in [0.3, 0.4) is 0 Å². The maximum absolute atomic E-state index is 5.94. The van der Waals surface area contributed by atoms with Gasteiger partial charge in [0.2, 0.25) is 0 Å². The van der Waals surface area contributed by atoms with E-state index >= 15 is 0 Å². The minimum Gasteiger partial charge on any atom is -0.491 e. The number of nitrogens with one attached hydrogen (secondary N) is 1. The zero-order chi connectivity index (χ0) is 15.3. The lowest BCUT2D eigenvalue weighted by Crippen LogP contribution is -2.39. The smallest absolute Gasteiger partial charge is 0.123 e. The average Bonchev–Trinajstić information content (AvgIpc) is 2.34. The number of para-hydroxylation sites is 1. The summed E-state index contributed by atoms with van der Waals surface area (Å²) in [6.45, 7) is 16.4. The number of hydrogen-bond donors (Lipinski definition) is 1. The lowest BCUT2D eigenvalue weighted by molar-refractivity contribution is 0.236. The third-order valence-corrected chi connectivity index (χ3v) is 3.58. The molecule has 0 bridgehead atoms. The lowest BCUT2D eigenvalue weighted by atomic mass is 9.87. The molecule has 0 aromatic heterocycles. The molecule has 2 unspecified atom stereocenters. The summed E-state index contributed by atoms with van der Waals surface area (Å²) >= 11 is 0. The Morgan fingerprint density at radius 1 is 1.05 bits per heavy atom. The summed E-state index contributed by atoms with van der Waals surface area (Å²) in [5.74, 6) is 2.06. The third-order valence-electron chi connectivity index (χ3n) is 3.58. The Bertz CT molecular complexity index is 406. The highest BCUT2D eigenvalue weighted by Crippen LogP contribution is 2.32. The molecule has 0 aliphatic heterocycles. The molecule has 0 aliphatic rings. The number of hydrogen-bond acceptors (Lipinski definition) is 2. The fraction of sp³-hybridized carbons (Fsp3) is 0.667. The van der Waals surface area contributed by atoms with Crippen molar-refractivity contribution in [3.63, 3.8) is 0 Å². The lowest BCUT2D eigenvalue weighted by Gasteiger charge is -2.28. The molecule has 1 aromatic carbocycles. The minimum absolute atomic E-state index is 0.169. The average molecular weight is 277 g/mol. The van der Waals surface area contributed by atoms with Gasteiger partial charge in [-0.15, -0.1) is 0 Å². The Morgan fingerprint density at radius 2 is 1.65 bits per heavy atom. The molecule has 0 aliphatic carbocycles. The van der Waals surface area contributed by atoms with Crippen molar-refractivity contribution in [2.45, 2.75) is 66.0 Å². The summed E-state index contributed by atoms with van der Waals surface area (Å²) in [6, 6.07) is 8.42. The molecular weight excluding hydrogens is 246 g/mol. The molecule has 1 N–H and O–H groups in total. The Morgan fingerprint density at radius 3 is 2.20 bits per heavy atom. The van der Waals surface area contributed by atoms with Crippen molar-refractivity contribution >= 4 is 0 Å². The van der Waals surface area contributed by atoms with Crippen LogP contribution in [0.1, 0.15) is 59.9 Å². The van der Waals surface area contributed by atoms with Crippen molar-refractivity contribution in [3.05, 3.63) is 29.8 Å². The van der Waals surface area contributed by atoms with E-state index in [4.69, 9.17) is 4.74 Å². The van der Waals surface area contributed by atoms with Crippen LogP contribution in [0.15, 0.2) is 24.3 Å². The normalized spacial score (nSPS) is 15.2. The second-order valence-electron chi connectivity index (χ2n) is 7.10. The van der Waals surface area contributed by atoms with Crippen molar-refractivity contribution in [1.82, 2.24) is 5.32 Å². The van der Waals surface area contributed by atoms with Crippen LogP contribution in [0.25, 0.3) is 0 Å². The first-order valence-electron chi connectivity index (χ1n) is 7.71. The van der Waals surface area contributed by atoms with Gasteiger partial charge in [-0.2, -0.15) is 0 Å². The predicted molar refractivity (Wildman–Crippen MR) is 87.5 cm³/mol. The molecule has 2 nitrogen and oxygen atoms in total. The molecule has 114 valence electrons. The summed E-state index contributed by atoms with van der Waals surface area (Å²) in [4.78, 5) is 0. The quantitative estimate of drug-likeness (QED) is 0.820. The van der Waals surface area contributed by atoms with Crippen molar-refractivity contribution in [2.24, 2.45) is 5.92 Å². The zero-order valence-electron chi connectivity index (χ0n) is 14.2. The molecule has 0 radical (unpaired) electrons. The summed E-state index contributed by atoms with van der Waals surface area (Å²) in [7, 11) is 0. The van der Waals surface area contributed by atoms with Gasteiger partial charge in [0.15, 0.2) is 0 Å². The predicted octanol–water partition coefficient (Wildman–Crippen LogP) is 4.60. The largest absolute Gasteiger partial charge is 0.491 e. The Labute approximate surface area is 124 Å². The SMILES string of the molecule is CC(C)Oc1ccccc1C(C)C(C)CNC(C)(C)C. The summed E-state index contributed by atoms with van der Waals surface area (Å²) in [6.07, 6.45) is 0.214. The monoisotopic (exact) mass is 277 g/mol. The van der Waals surface area contributed by atoms with Crippen LogP contribution in [0.5, 0.6) is 5.75 Å². The molecule has 2 heteroatoms. The van der Waals surface area contributed by atoms with Gasteiger partial charge in [0.25, 0.3) is 0 Å². The van der Waals surface area contributed by atoms with E-state index < -0.39 is 0 Å². The van der Waals surface area contributed by atoms with Gasteiger partial charge in [0, 0.05) is 5.54 Å². The van der Waals surface area contributed by atoms with Gasteiger partial charge in [-0.25, -0.2) is 0 Å². The molecule has 20 heavy (non-hydrogen) atoms. The highest BCUT2D eigenvalue weighted by molar-refractivity contribution is 5.36. The summed E-state index contributed by atoms with van der Waals surface area (Å²) < 4.78 is 5.94. The van der Waals surface area contributed by atoms with E-state index in [1.807, 2.05) is 6.07 Å². The highest BCUT2D eigenvalue weighted by atomic mass is 16.5. The third kappa shape index (κ3) is 5.54. The maximum atomic E-state index is 5.94. The van der Waals surface area contributed by atoms with Crippen LogP contribution in [0, 0.1) is 5.92 Å². The van der Waals surface area contributed by atoms with E-state index in [2.05, 4.69) is 72.0 Å². The van der Waals surface area contributed by atoms with Gasteiger partial charge in [0.05, 0.1) is 6.10 Å². The van der Waals surface area contributed by atoms with Crippen molar-refractivity contribution in [1.29, 1.82) is 0 Å². The minimum atomic E-state index is 0.169. The molecule has 1 aromatic rings. The summed E-state index contributed by atoms with van der Waals surface area (Å²) in [5.41, 5.74) is 1.48. The second-order valence-corrected chi connectivity index (χ2v) is 7.10. The second kappa shape index (κ2) is 7.12. The molecule has 0 amide bonds. The van der Waals surface area contributed by atoms with E-state index in [9.17, 15) is 0 Å². The fourth-order valence-corrected chi connectivity index (χ4v) is 2.17.